The van der Waals surface area contributed by atoms with Crippen molar-refractivity contribution in [3.8, 4) is 11.1 Å². The number of anilines is 1. The monoisotopic (exact) mass is 279 g/mol. The second-order valence-electron chi connectivity index (χ2n) is 5.82. The van der Waals surface area contributed by atoms with E-state index in [-0.39, 0.29) is 12.0 Å². The fraction of sp³-hybridized carbons (Fsp3) is 0.316. The highest BCUT2D eigenvalue weighted by molar-refractivity contribution is 5.86. The van der Waals surface area contributed by atoms with Crippen molar-refractivity contribution in [1.82, 2.24) is 0 Å². The molecule has 1 heterocycles. The summed E-state index contributed by atoms with van der Waals surface area (Å²) in [6, 6.07) is 19.2. The predicted molar refractivity (Wildman–Crippen MR) is 87.5 cm³/mol. The van der Waals surface area contributed by atoms with Crippen LogP contribution in [0.2, 0.25) is 0 Å². The first-order chi connectivity index (χ1) is 10.2. The van der Waals surface area contributed by atoms with Crippen LogP contribution >= 0.6 is 0 Å². The molecule has 21 heavy (non-hydrogen) atoms. The largest absolute Gasteiger partial charge is 0.367 e. The lowest BCUT2D eigenvalue weighted by Crippen LogP contribution is -2.47. The molecule has 0 spiro atoms. The van der Waals surface area contributed by atoms with Gasteiger partial charge in [-0.2, -0.15) is 0 Å². The number of ketones is 1. The molecule has 0 aromatic heterocycles. The van der Waals surface area contributed by atoms with Gasteiger partial charge in [0.05, 0.1) is 0 Å². The maximum Gasteiger partial charge on any atom is 0.139 e. The third-order valence-electron chi connectivity index (χ3n) is 4.62. The van der Waals surface area contributed by atoms with Gasteiger partial charge in [0, 0.05) is 36.2 Å². The normalized spacial score (nSPS) is 22.4. The maximum atomic E-state index is 11.9. The van der Waals surface area contributed by atoms with Crippen molar-refractivity contribution in [2.45, 2.75) is 26.3 Å². The first-order valence-electron chi connectivity index (χ1n) is 7.62. The smallest absolute Gasteiger partial charge is 0.139 e. The molecule has 0 amide bonds. The van der Waals surface area contributed by atoms with Crippen molar-refractivity contribution in [2.75, 3.05) is 11.4 Å². The number of carbonyl (C=O) groups excluding carboxylic acids is 1. The standard InChI is InChI=1S/C19H21NO/c1-14-15(2)20(13-12-19(14)21)18-11-7-6-10-17(18)16-8-4-3-5-9-16/h3-11,14-15H,12-13H2,1-2H3. The van der Waals surface area contributed by atoms with Gasteiger partial charge < -0.3 is 4.90 Å². The molecular weight excluding hydrogens is 258 g/mol. The van der Waals surface area contributed by atoms with Gasteiger partial charge in [0.15, 0.2) is 0 Å². The van der Waals surface area contributed by atoms with E-state index in [0.29, 0.717) is 12.2 Å². The number of rotatable bonds is 2. The van der Waals surface area contributed by atoms with Crippen molar-refractivity contribution >= 4 is 11.5 Å². The lowest BCUT2D eigenvalue weighted by atomic mass is 9.89. The maximum absolute atomic E-state index is 11.9. The molecule has 0 bridgehead atoms. The van der Waals surface area contributed by atoms with Crippen LogP contribution in [0.1, 0.15) is 20.3 Å². The molecule has 1 aliphatic heterocycles. The molecule has 0 aliphatic carbocycles. The Kier molecular flexibility index (Phi) is 3.78. The Morgan fingerprint density at radius 3 is 2.38 bits per heavy atom. The minimum absolute atomic E-state index is 0.0996. The molecule has 0 radical (unpaired) electrons. The first-order valence-corrected chi connectivity index (χ1v) is 7.62. The molecule has 0 saturated carbocycles. The Balaban J connectivity index is 2.02. The van der Waals surface area contributed by atoms with Gasteiger partial charge in [0.2, 0.25) is 0 Å². The predicted octanol–water partition coefficient (Wildman–Crippen LogP) is 4.16. The minimum Gasteiger partial charge on any atom is -0.367 e. The van der Waals surface area contributed by atoms with Crippen LogP contribution in [0.4, 0.5) is 5.69 Å². The summed E-state index contributed by atoms with van der Waals surface area (Å²) in [5.41, 5.74) is 3.70. The van der Waals surface area contributed by atoms with Crippen LogP contribution in [-0.2, 0) is 4.79 Å². The quantitative estimate of drug-likeness (QED) is 0.822. The lowest BCUT2D eigenvalue weighted by molar-refractivity contribution is -0.123. The topological polar surface area (TPSA) is 20.3 Å². The molecule has 2 heteroatoms. The van der Waals surface area contributed by atoms with Crippen molar-refractivity contribution in [2.24, 2.45) is 5.92 Å². The number of hydrogen-bond donors (Lipinski definition) is 0. The van der Waals surface area contributed by atoms with Gasteiger partial charge in [0.1, 0.15) is 5.78 Å². The highest BCUT2D eigenvalue weighted by Crippen LogP contribution is 2.34. The van der Waals surface area contributed by atoms with Gasteiger partial charge in [-0.3, -0.25) is 4.79 Å². The van der Waals surface area contributed by atoms with E-state index in [1.807, 2.05) is 13.0 Å². The molecule has 2 aromatic rings. The molecule has 3 rings (SSSR count). The Labute approximate surface area is 126 Å². The summed E-state index contributed by atoms with van der Waals surface area (Å²) in [6.07, 6.45) is 0.647. The van der Waals surface area contributed by atoms with Crippen LogP contribution in [0.25, 0.3) is 11.1 Å². The molecular formula is C19H21NO. The van der Waals surface area contributed by atoms with Gasteiger partial charge in [-0.05, 0) is 18.6 Å². The fourth-order valence-electron chi connectivity index (χ4n) is 3.13. The second kappa shape index (κ2) is 5.72. The molecule has 2 nitrogen and oxygen atoms in total. The Hall–Kier alpha value is -2.09. The van der Waals surface area contributed by atoms with Crippen LogP contribution in [-0.4, -0.2) is 18.4 Å². The van der Waals surface area contributed by atoms with Crippen molar-refractivity contribution in [1.29, 1.82) is 0 Å². The van der Waals surface area contributed by atoms with Gasteiger partial charge >= 0.3 is 0 Å². The SMILES string of the molecule is CC1C(=O)CCN(c2ccccc2-c2ccccc2)C1C. The summed E-state index contributed by atoms with van der Waals surface area (Å²) in [5, 5.41) is 0. The Bertz CT molecular complexity index is 635. The molecule has 108 valence electrons. The van der Waals surface area contributed by atoms with Crippen molar-refractivity contribution < 1.29 is 4.79 Å². The van der Waals surface area contributed by atoms with E-state index in [4.69, 9.17) is 0 Å². The fourth-order valence-corrected chi connectivity index (χ4v) is 3.13. The van der Waals surface area contributed by atoms with Gasteiger partial charge in [0.25, 0.3) is 0 Å². The zero-order valence-corrected chi connectivity index (χ0v) is 12.6. The van der Waals surface area contributed by atoms with Crippen molar-refractivity contribution in [3.05, 3.63) is 54.6 Å². The summed E-state index contributed by atoms with van der Waals surface area (Å²) in [7, 11) is 0. The summed E-state index contributed by atoms with van der Waals surface area (Å²) < 4.78 is 0. The molecule has 1 saturated heterocycles. The van der Waals surface area contributed by atoms with E-state index >= 15 is 0 Å². The number of nitrogens with zero attached hydrogens (tertiary/aromatic N) is 1. The van der Waals surface area contributed by atoms with Crippen LogP contribution < -0.4 is 4.90 Å². The first kappa shape index (κ1) is 13.9. The average Bonchev–Trinajstić information content (AvgIpc) is 2.54. The summed E-state index contributed by atoms with van der Waals surface area (Å²) in [4.78, 5) is 14.3. The zero-order chi connectivity index (χ0) is 14.8. The number of Topliss-reactive ketones (excluding diaryl/α,β-unsaturated/α-hetero) is 1. The molecule has 2 atom stereocenters. The van der Waals surface area contributed by atoms with E-state index in [2.05, 4.69) is 60.4 Å². The third kappa shape index (κ3) is 2.58. The van der Waals surface area contributed by atoms with E-state index in [9.17, 15) is 4.79 Å². The highest BCUT2D eigenvalue weighted by Gasteiger charge is 2.31. The molecule has 2 aromatic carbocycles. The minimum atomic E-state index is 0.0996. The highest BCUT2D eigenvalue weighted by atomic mass is 16.1. The number of hydrogen-bond acceptors (Lipinski definition) is 2. The van der Waals surface area contributed by atoms with Crippen LogP contribution in [0, 0.1) is 5.92 Å². The van der Waals surface area contributed by atoms with E-state index in [1.54, 1.807) is 0 Å². The van der Waals surface area contributed by atoms with Crippen LogP contribution in [0.3, 0.4) is 0 Å². The lowest BCUT2D eigenvalue weighted by Gasteiger charge is -2.39. The van der Waals surface area contributed by atoms with E-state index in [0.717, 1.165) is 6.54 Å². The average molecular weight is 279 g/mol. The van der Waals surface area contributed by atoms with Gasteiger partial charge in [-0.25, -0.2) is 0 Å². The number of carbonyl (C=O) groups is 1. The van der Waals surface area contributed by atoms with Crippen LogP contribution in [0.5, 0.6) is 0 Å². The molecule has 2 unspecified atom stereocenters. The molecule has 1 aliphatic rings. The molecule has 0 N–H and O–H groups in total. The third-order valence-corrected chi connectivity index (χ3v) is 4.62. The molecule has 1 fully saturated rings. The number of piperidine rings is 1. The number of para-hydroxylation sites is 1. The summed E-state index contributed by atoms with van der Waals surface area (Å²) in [5.74, 6) is 0.485. The van der Waals surface area contributed by atoms with Crippen molar-refractivity contribution in [3.63, 3.8) is 0 Å². The summed E-state index contributed by atoms with van der Waals surface area (Å²) >= 11 is 0. The Morgan fingerprint density at radius 1 is 0.952 bits per heavy atom. The Morgan fingerprint density at radius 2 is 1.62 bits per heavy atom. The van der Waals surface area contributed by atoms with Gasteiger partial charge in [-0.15, -0.1) is 0 Å². The zero-order valence-electron chi connectivity index (χ0n) is 12.6. The van der Waals surface area contributed by atoms with Gasteiger partial charge in [-0.1, -0.05) is 55.5 Å². The number of benzene rings is 2. The van der Waals surface area contributed by atoms with E-state index in [1.165, 1.54) is 16.8 Å². The second-order valence-corrected chi connectivity index (χ2v) is 5.82. The summed E-state index contributed by atoms with van der Waals surface area (Å²) in [6.45, 7) is 5.02. The van der Waals surface area contributed by atoms with E-state index < -0.39 is 0 Å². The van der Waals surface area contributed by atoms with Crippen LogP contribution in [0.15, 0.2) is 54.6 Å².